The summed E-state index contributed by atoms with van der Waals surface area (Å²) >= 11 is 0. The van der Waals surface area contributed by atoms with Gasteiger partial charge in [-0.2, -0.15) is 0 Å². The molecule has 0 aliphatic rings. The highest BCUT2D eigenvalue weighted by Crippen LogP contribution is 1.93. The van der Waals surface area contributed by atoms with Gasteiger partial charge in [-0.15, -0.1) is 0 Å². The second kappa shape index (κ2) is 4.73. The summed E-state index contributed by atoms with van der Waals surface area (Å²) < 4.78 is 0. The zero-order chi connectivity index (χ0) is 7.28. The number of likely N-dealkylation sites (N-methyl/N-ethyl adjacent to an activating group) is 1. The Morgan fingerprint density at radius 3 is 2.22 bits per heavy atom. The van der Waals surface area contributed by atoms with Gasteiger partial charge in [-0.1, -0.05) is 13.8 Å². The van der Waals surface area contributed by atoms with E-state index in [0.717, 1.165) is 0 Å². The quantitative estimate of drug-likeness (QED) is 0.461. The summed E-state index contributed by atoms with van der Waals surface area (Å²) in [7, 11) is 0. The maximum Gasteiger partial charge on any atom is 0.131 e. The van der Waals surface area contributed by atoms with E-state index in [4.69, 9.17) is 10.2 Å². The van der Waals surface area contributed by atoms with E-state index >= 15 is 0 Å². The molecular weight excluding hydrogens is 118 g/mol. The highest BCUT2D eigenvalue weighted by atomic mass is 16.3. The highest BCUT2D eigenvalue weighted by Gasteiger charge is 2.10. The SMILES string of the molecule is CCNC(O)C(O)CC. The Bertz CT molecular complexity index is 68.1. The van der Waals surface area contributed by atoms with Crippen LogP contribution in [0.2, 0.25) is 0 Å². The number of rotatable bonds is 4. The molecule has 0 aliphatic carbocycles. The first-order chi connectivity index (χ1) is 4.22. The lowest BCUT2D eigenvalue weighted by atomic mass is 10.2. The predicted molar refractivity (Wildman–Crippen MR) is 36.0 cm³/mol. The van der Waals surface area contributed by atoms with Gasteiger partial charge in [-0.05, 0) is 13.0 Å². The fraction of sp³-hybridized carbons (Fsp3) is 1.00. The summed E-state index contributed by atoms with van der Waals surface area (Å²) in [5.74, 6) is 0. The van der Waals surface area contributed by atoms with Gasteiger partial charge in [-0.25, -0.2) is 0 Å². The molecule has 0 amide bonds. The minimum Gasteiger partial charge on any atom is -0.389 e. The Morgan fingerprint density at radius 2 is 1.89 bits per heavy atom. The highest BCUT2D eigenvalue weighted by molar-refractivity contribution is 4.60. The molecule has 0 aromatic rings. The van der Waals surface area contributed by atoms with Gasteiger partial charge in [0.25, 0.3) is 0 Å². The second-order valence-corrected chi connectivity index (χ2v) is 1.98. The Morgan fingerprint density at radius 1 is 1.33 bits per heavy atom. The summed E-state index contributed by atoms with van der Waals surface area (Å²) in [4.78, 5) is 0. The standard InChI is InChI=1S/C6H15NO2/c1-3-5(8)6(9)7-4-2/h5-9H,3-4H2,1-2H3. The van der Waals surface area contributed by atoms with Crippen LogP contribution in [0.15, 0.2) is 0 Å². The monoisotopic (exact) mass is 133 g/mol. The van der Waals surface area contributed by atoms with Gasteiger partial charge < -0.3 is 10.2 Å². The van der Waals surface area contributed by atoms with Gasteiger partial charge in [0.15, 0.2) is 0 Å². The number of hydrogen-bond donors (Lipinski definition) is 3. The average Bonchev–Trinajstić information content (AvgIpc) is 1.87. The Kier molecular flexibility index (Phi) is 4.67. The molecule has 0 rings (SSSR count). The van der Waals surface area contributed by atoms with Crippen molar-refractivity contribution in [1.29, 1.82) is 0 Å². The van der Waals surface area contributed by atoms with Crippen LogP contribution in [0.1, 0.15) is 20.3 Å². The predicted octanol–water partition coefficient (Wildman–Crippen LogP) is -0.315. The van der Waals surface area contributed by atoms with E-state index in [1.54, 1.807) is 0 Å². The molecule has 0 aromatic heterocycles. The van der Waals surface area contributed by atoms with Crippen molar-refractivity contribution in [2.75, 3.05) is 6.54 Å². The minimum atomic E-state index is -0.764. The maximum atomic E-state index is 8.96. The van der Waals surface area contributed by atoms with E-state index in [-0.39, 0.29) is 0 Å². The van der Waals surface area contributed by atoms with Crippen molar-refractivity contribution in [2.24, 2.45) is 0 Å². The van der Waals surface area contributed by atoms with Crippen LogP contribution in [0.3, 0.4) is 0 Å². The molecule has 0 bridgehead atoms. The van der Waals surface area contributed by atoms with Crippen LogP contribution in [0, 0.1) is 0 Å². The van der Waals surface area contributed by atoms with Crippen LogP contribution in [0.4, 0.5) is 0 Å². The fourth-order valence-electron chi connectivity index (χ4n) is 0.568. The molecule has 2 atom stereocenters. The van der Waals surface area contributed by atoms with E-state index in [1.807, 2.05) is 13.8 Å². The van der Waals surface area contributed by atoms with Crippen molar-refractivity contribution >= 4 is 0 Å². The van der Waals surface area contributed by atoms with Gasteiger partial charge in [0.2, 0.25) is 0 Å². The number of aliphatic hydroxyl groups is 2. The van der Waals surface area contributed by atoms with Crippen LogP contribution in [-0.2, 0) is 0 Å². The van der Waals surface area contributed by atoms with Crippen molar-refractivity contribution in [3.8, 4) is 0 Å². The first-order valence-electron chi connectivity index (χ1n) is 3.31. The molecule has 0 saturated heterocycles. The molecule has 9 heavy (non-hydrogen) atoms. The first kappa shape index (κ1) is 8.88. The third-order valence-corrected chi connectivity index (χ3v) is 1.20. The molecule has 3 heteroatoms. The maximum absolute atomic E-state index is 8.96. The van der Waals surface area contributed by atoms with Crippen molar-refractivity contribution in [1.82, 2.24) is 5.32 Å². The third kappa shape index (κ3) is 3.46. The van der Waals surface area contributed by atoms with E-state index in [2.05, 4.69) is 5.32 Å². The zero-order valence-corrected chi connectivity index (χ0v) is 5.96. The lowest BCUT2D eigenvalue weighted by Gasteiger charge is -2.15. The summed E-state index contributed by atoms with van der Waals surface area (Å²) in [5, 5.41) is 20.6. The lowest BCUT2D eigenvalue weighted by Crippen LogP contribution is -2.39. The molecule has 0 aromatic carbocycles. The molecule has 3 N–H and O–H groups in total. The summed E-state index contributed by atoms with van der Waals surface area (Å²) in [6.45, 7) is 4.38. The van der Waals surface area contributed by atoms with Crippen molar-refractivity contribution in [3.63, 3.8) is 0 Å². The van der Waals surface area contributed by atoms with Gasteiger partial charge in [0, 0.05) is 0 Å². The molecule has 2 unspecified atom stereocenters. The third-order valence-electron chi connectivity index (χ3n) is 1.20. The summed E-state index contributed by atoms with van der Waals surface area (Å²) in [6.07, 6.45) is -0.821. The van der Waals surface area contributed by atoms with Crippen LogP contribution in [-0.4, -0.2) is 29.1 Å². The average molecular weight is 133 g/mol. The zero-order valence-electron chi connectivity index (χ0n) is 5.96. The topological polar surface area (TPSA) is 52.5 Å². The first-order valence-corrected chi connectivity index (χ1v) is 3.31. The largest absolute Gasteiger partial charge is 0.389 e. The number of aliphatic hydroxyl groups excluding tert-OH is 2. The smallest absolute Gasteiger partial charge is 0.131 e. The van der Waals surface area contributed by atoms with E-state index in [0.29, 0.717) is 13.0 Å². The fourth-order valence-corrected chi connectivity index (χ4v) is 0.568. The van der Waals surface area contributed by atoms with Crippen LogP contribution < -0.4 is 5.32 Å². The Balaban J connectivity index is 3.32. The molecule has 3 nitrogen and oxygen atoms in total. The van der Waals surface area contributed by atoms with E-state index in [1.165, 1.54) is 0 Å². The van der Waals surface area contributed by atoms with Crippen LogP contribution >= 0.6 is 0 Å². The summed E-state index contributed by atoms with van der Waals surface area (Å²) in [5.41, 5.74) is 0. The lowest BCUT2D eigenvalue weighted by molar-refractivity contribution is -0.00208. The Labute approximate surface area is 55.7 Å². The van der Waals surface area contributed by atoms with Gasteiger partial charge in [-0.3, -0.25) is 5.32 Å². The molecule has 56 valence electrons. The molecule has 0 aliphatic heterocycles. The van der Waals surface area contributed by atoms with E-state index in [9.17, 15) is 0 Å². The number of hydrogen-bond acceptors (Lipinski definition) is 3. The van der Waals surface area contributed by atoms with Gasteiger partial charge in [0.1, 0.15) is 6.23 Å². The van der Waals surface area contributed by atoms with Crippen LogP contribution in [0.25, 0.3) is 0 Å². The molecule has 0 radical (unpaired) electrons. The van der Waals surface area contributed by atoms with Crippen molar-refractivity contribution in [3.05, 3.63) is 0 Å². The van der Waals surface area contributed by atoms with Crippen molar-refractivity contribution < 1.29 is 10.2 Å². The van der Waals surface area contributed by atoms with Crippen LogP contribution in [0.5, 0.6) is 0 Å². The molecule has 0 saturated carbocycles. The minimum absolute atomic E-state index is 0.578. The van der Waals surface area contributed by atoms with Crippen molar-refractivity contribution in [2.45, 2.75) is 32.6 Å². The number of nitrogens with one attached hydrogen (secondary N) is 1. The van der Waals surface area contributed by atoms with E-state index < -0.39 is 12.3 Å². The second-order valence-electron chi connectivity index (χ2n) is 1.98. The van der Waals surface area contributed by atoms with Gasteiger partial charge in [0.05, 0.1) is 6.10 Å². The molecular formula is C6H15NO2. The molecule has 0 fully saturated rings. The summed E-state index contributed by atoms with van der Waals surface area (Å²) in [6, 6.07) is 0. The van der Waals surface area contributed by atoms with Gasteiger partial charge >= 0.3 is 0 Å². The molecule has 0 heterocycles. The Hall–Kier alpha value is -0.120. The molecule has 0 spiro atoms. The normalized spacial score (nSPS) is 17.3.